The second-order valence-electron chi connectivity index (χ2n) is 3.98. The minimum Gasteiger partial charge on any atom is -0.489 e. The summed E-state index contributed by atoms with van der Waals surface area (Å²) in [4.78, 5) is 13.1. The van der Waals surface area contributed by atoms with Crippen molar-refractivity contribution in [1.82, 2.24) is 4.90 Å². The van der Waals surface area contributed by atoms with Crippen molar-refractivity contribution in [2.45, 2.75) is 0 Å². The minimum atomic E-state index is -0.0761. The third kappa shape index (κ3) is 5.28. The Morgan fingerprint density at radius 3 is 2.37 bits per heavy atom. The molecule has 2 N–H and O–H groups in total. The number of benzene rings is 1. The Bertz CT molecular complexity index is 433. The molecule has 6 heteroatoms. The summed E-state index contributed by atoms with van der Waals surface area (Å²) in [5.74, 6) is 0.492. The maximum absolute atomic E-state index is 12.2. The summed E-state index contributed by atoms with van der Waals surface area (Å²) in [7, 11) is 3.37. The number of nitrogens with zero attached hydrogens (tertiary/aromatic N) is 1. The minimum absolute atomic E-state index is 0. The number of rotatable bonds is 5. The molecule has 0 aromatic heterocycles. The first-order valence-corrected chi connectivity index (χ1v) is 5.51. The summed E-state index contributed by atoms with van der Waals surface area (Å²) in [6, 6.07) is 6.67. The van der Waals surface area contributed by atoms with Crippen LogP contribution in [0.2, 0.25) is 0 Å². The fourth-order valence-corrected chi connectivity index (χ4v) is 1.26. The van der Waals surface area contributed by atoms with Gasteiger partial charge in [0, 0.05) is 31.8 Å². The van der Waals surface area contributed by atoms with E-state index in [0.717, 1.165) is 0 Å². The van der Waals surface area contributed by atoms with E-state index in [9.17, 15) is 9.18 Å². The monoisotopic (exact) mass is 288 g/mol. The van der Waals surface area contributed by atoms with E-state index in [1.54, 1.807) is 38.4 Å². The highest BCUT2D eigenvalue weighted by Gasteiger charge is 2.07. The summed E-state index contributed by atoms with van der Waals surface area (Å²) in [5, 5.41) is 0. The van der Waals surface area contributed by atoms with Gasteiger partial charge in [-0.25, -0.2) is 4.39 Å². The fourth-order valence-electron chi connectivity index (χ4n) is 1.26. The standard InChI is InChI=1S/C13H17FN2O2.ClH/c1-16(2)13(17)11-3-5-12(6-4-11)18-9-10(7-14)8-15;/h3-7H,8-9,15H2,1-2H3;1H/b10-7-;. The topological polar surface area (TPSA) is 55.6 Å². The van der Waals surface area contributed by atoms with Crippen molar-refractivity contribution in [1.29, 1.82) is 0 Å². The molecular formula is C13H18ClFN2O2. The van der Waals surface area contributed by atoms with Gasteiger partial charge in [-0.1, -0.05) is 0 Å². The Hall–Kier alpha value is -1.59. The van der Waals surface area contributed by atoms with Gasteiger partial charge in [0.2, 0.25) is 0 Å². The van der Waals surface area contributed by atoms with Crippen LogP contribution < -0.4 is 10.5 Å². The predicted octanol–water partition coefficient (Wildman–Crippen LogP) is 2.00. The molecule has 0 radical (unpaired) electrons. The van der Waals surface area contributed by atoms with E-state index < -0.39 is 0 Å². The molecule has 0 heterocycles. The lowest BCUT2D eigenvalue weighted by Crippen LogP contribution is -2.21. The third-order valence-electron chi connectivity index (χ3n) is 2.35. The quantitative estimate of drug-likeness (QED) is 0.902. The van der Waals surface area contributed by atoms with Crippen LogP contribution in [0.15, 0.2) is 36.2 Å². The first-order valence-electron chi connectivity index (χ1n) is 5.51. The number of ether oxygens (including phenoxy) is 1. The van der Waals surface area contributed by atoms with Crippen molar-refractivity contribution in [3.05, 3.63) is 41.7 Å². The summed E-state index contributed by atoms with van der Waals surface area (Å²) in [6.07, 6.45) is 0.448. The molecule has 19 heavy (non-hydrogen) atoms. The van der Waals surface area contributed by atoms with Gasteiger partial charge in [-0.2, -0.15) is 0 Å². The van der Waals surface area contributed by atoms with Crippen LogP contribution in [0.3, 0.4) is 0 Å². The van der Waals surface area contributed by atoms with E-state index >= 15 is 0 Å². The molecule has 0 saturated carbocycles. The Balaban J connectivity index is 0.00000324. The van der Waals surface area contributed by atoms with Gasteiger partial charge < -0.3 is 15.4 Å². The summed E-state index contributed by atoms with van der Waals surface area (Å²) < 4.78 is 17.6. The van der Waals surface area contributed by atoms with E-state index in [1.165, 1.54) is 4.90 Å². The van der Waals surface area contributed by atoms with E-state index in [1.807, 2.05) is 0 Å². The normalized spacial score (nSPS) is 10.6. The fraction of sp³-hybridized carbons (Fsp3) is 0.308. The highest BCUT2D eigenvalue weighted by Crippen LogP contribution is 2.14. The number of hydrogen-bond donors (Lipinski definition) is 1. The molecule has 0 fully saturated rings. The smallest absolute Gasteiger partial charge is 0.253 e. The van der Waals surface area contributed by atoms with Crippen LogP contribution in [0.5, 0.6) is 5.75 Å². The van der Waals surface area contributed by atoms with Crippen molar-refractivity contribution >= 4 is 18.3 Å². The SMILES string of the molecule is CN(C)C(=O)c1ccc(OC/C(=C\F)CN)cc1.Cl. The number of carbonyl (C=O) groups excluding carboxylic acids is 1. The van der Waals surface area contributed by atoms with Crippen molar-refractivity contribution in [3.8, 4) is 5.75 Å². The average Bonchev–Trinajstić information content (AvgIpc) is 2.39. The Morgan fingerprint density at radius 2 is 1.95 bits per heavy atom. The number of carbonyl (C=O) groups is 1. The highest BCUT2D eigenvalue weighted by molar-refractivity contribution is 5.93. The molecule has 0 aliphatic rings. The number of amides is 1. The molecule has 0 aliphatic carbocycles. The van der Waals surface area contributed by atoms with E-state index in [2.05, 4.69) is 0 Å². The molecule has 0 atom stereocenters. The number of halogens is 2. The van der Waals surface area contributed by atoms with Gasteiger partial charge in [0.1, 0.15) is 12.4 Å². The number of nitrogens with two attached hydrogens (primary N) is 1. The molecule has 1 aromatic carbocycles. The van der Waals surface area contributed by atoms with Gasteiger partial charge >= 0.3 is 0 Å². The van der Waals surface area contributed by atoms with Crippen LogP contribution in [0.25, 0.3) is 0 Å². The lowest BCUT2D eigenvalue weighted by atomic mass is 10.2. The zero-order valence-corrected chi connectivity index (χ0v) is 11.7. The molecule has 1 rings (SSSR count). The van der Waals surface area contributed by atoms with Crippen LogP contribution in [-0.2, 0) is 0 Å². The van der Waals surface area contributed by atoms with Crippen molar-refractivity contribution in [2.75, 3.05) is 27.2 Å². The second kappa shape index (κ2) is 8.50. The van der Waals surface area contributed by atoms with Crippen LogP contribution >= 0.6 is 12.4 Å². The molecule has 0 bridgehead atoms. The van der Waals surface area contributed by atoms with Gasteiger partial charge in [0.05, 0.1) is 6.33 Å². The predicted molar refractivity (Wildman–Crippen MR) is 75.4 cm³/mol. The third-order valence-corrected chi connectivity index (χ3v) is 2.35. The summed E-state index contributed by atoms with van der Waals surface area (Å²) >= 11 is 0. The molecule has 0 spiro atoms. The van der Waals surface area contributed by atoms with Gasteiger partial charge in [-0.3, -0.25) is 4.79 Å². The van der Waals surface area contributed by atoms with E-state index in [4.69, 9.17) is 10.5 Å². The zero-order valence-electron chi connectivity index (χ0n) is 10.9. The molecule has 0 saturated heterocycles. The largest absolute Gasteiger partial charge is 0.489 e. The molecule has 106 valence electrons. The van der Waals surface area contributed by atoms with Crippen LogP contribution in [0.4, 0.5) is 4.39 Å². The summed E-state index contributed by atoms with van der Waals surface area (Å²) in [6.45, 7) is 0.224. The van der Waals surface area contributed by atoms with Crippen LogP contribution in [0.1, 0.15) is 10.4 Å². The summed E-state index contributed by atoms with van der Waals surface area (Å²) in [5.41, 5.74) is 6.26. The Labute approximate surface area is 118 Å². The van der Waals surface area contributed by atoms with Crippen molar-refractivity contribution < 1.29 is 13.9 Å². The van der Waals surface area contributed by atoms with Gasteiger partial charge in [0.15, 0.2) is 0 Å². The molecule has 0 unspecified atom stereocenters. The first-order chi connectivity index (χ1) is 8.58. The number of hydrogen-bond acceptors (Lipinski definition) is 3. The maximum Gasteiger partial charge on any atom is 0.253 e. The average molecular weight is 289 g/mol. The van der Waals surface area contributed by atoms with Gasteiger partial charge in [-0.15, -0.1) is 12.4 Å². The lowest BCUT2D eigenvalue weighted by molar-refractivity contribution is 0.0827. The van der Waals surface area contributed by atoms with Gasteiger partial charge in [0.25, 0.3) is 5.91 Å². The Morgan fingerprint density at radius 1 is 1.37 bits per heavy atom. The lowest BCUT2D eigenvalue weighted by Gasteiger charge is -2.11. The molecule has 0 aliphatic heterocycles. The van der Waals surface area contributed by atoms with Gasteiger partial charge in [-0.05, 0) is 24.3 Å². The van der Waals surface area contributed by atoms with Crippen molar-refractivity contribution in [2.24, 2.45) is 5.73 Å². The van der Waals surface area contributed by atoms with Crippen LogP contribution in [-0.4, -0.2) is 38.1 Å². The van der Waals surface area contributed by atoms with E-state index in [0.29, 0.717) is 23.2 Å². The highest BCUT2D eigenvalue weighted by atomic mass is 35.5. The molecule has 1 aromatic rings. The van der Waals surface area contributed by atoms with Crippen LogP contribution in [0, 0.1) is 0 Å². The maximum atomic E-state index is 12.2. The second-order valence-corrected chi connectivity index (χ2v) is 3.98. The van der Waals surface area contributed by atoms with Crippen molar-refractivity contribution in [3.63, 3.8) is 0 Å². The molecule has 4 nitrogen and oxygen atoms in total. The first kappa shape index (κ1) is 17.4. The van der Waals surface area contributed by atoms with E-state index in [-0.39, 0.29) is 31.5 Å². The Kier molecular flexibility index (Phi) is 7.79. The molecule has 1 amide bonds. The zero-order chi connectivity index (χ0) is 13.5. The molecular weight excluding hydrogens is 271 g/mol.